The van der Waals surface area contributed by atoms with Crippen molar-refractivity contribution in [1.82, 2.24) is 10.3 Å². The Hall–Kier alpha value is -2.11. The number of anilines is 1. The molecule has 1 fully saturated rings. The fourth-order valence-electron chi connectivity index (χ4n) is 2.84. The summed E-state index contributed by atoms with van der Waals surface area (Å²) >= 11 is 0. The van der Waals surface area contributed by atoms with E-state index in [0.717, 1.165) is 25.7 Å². The molecule has 112 valence electrons. The van der Waals surface area contributed by atoms with E-state index in [-0.39, 0.29) is 23.7 Å². The topological polar surface area (TPSA) is 67.2 Å². The number of benzene rings is 1. The highest BCUT2D eigenvalue weighted by atomic mass is 19.1. The Morgan fingerprint density at radius 1 is 1.33 bits per heavy atom. The summed E-state index contributed by atoms with van der Waals surface area (Å²) < 4.78 is 18.6. The SMILES string of the molecule is CNC(=O)C1CCC(Nc2nc3ccc(F)cc3o2)CC1. The van der Waals surface area contributed by atoms with E-state index in [1.54, 1.807) is 13.1 Å². The number of nitrogens with zero attached hydrogens (tertiary/aromatic N) is 1. The molecule has 1 aromatic carbocycles. The van der Waals surface area contributed by atoms with Gasteiger partial charge in [-0.25, -0.2) is 4.39 Å². The molecule has 1 aromatic heterocycles. The van der Waals surface area contributed by atoms with Gasteiger partial charge in [0.15, 0.2) is 5.58 Å². The zero-order chi connectivity index (χ0) is 14.8. The number of amides is 1. The van der Waals surface area contributed by atoms with E-state index in [0.29, 0.717) is 17.1 Å². The number of fused-ring (bicyclic) bond motifs is 1. The molecule has 3 rings (SSSR count). The summed E-state index contributed by atoms with van der Waals surface area (Å²) in [5.74, 6) is -0.118. The van der Waals surface area contributed by atoms with Crippen molar-refractivity contribution in [3.8, 4) is 0 Å². The zero-order valence-electron chi connectivity index (χ0n) is 11.9. The van der Waals surface area contributed by atoms with E-state index in [9.17, 15) is 9.18 Å². The van der Waals surface area contributed by atoms with Crippen LogP contribution in [0.3, 0.4) is 0 Å². The van der Waals surface area contributed by atoms with E-state index < -0.39 is 0 Å². The number of hydrogen-bond acceptors (Lipinski definition) is 4. The van der Waals surface area contributed by atoms with Gasteiger partial charge in [0.25, 0.3) is 6.01 Å². The van der Waals surface area contributed by atoms with E-state index in [4.69, 9.17) is 4.42 Å². The summed E-state index contributed by atoms with van der Waals surface area (Å²) in [5, 5.41) is 5.93. The first-order valence-corrected chi connectivity index (χ1v) is 7.20. The van der Waals surface area contributed by atoms with Crippen LogP contribution in [0.1, 0.15) is 25.7 Å². The van der Waals surface area contributed by atoms with Gasteiger partial charge in [-0.2, -0.15) is 4.98 Å². The minimum atomic E-state index is -0.337. The molecule has 6 heteroatoms. The van der Waals surface area contributed by atoms with Gasteiger partial charge in [0.2, 0.25) is 5.91 Å². The Kier molecular flexibility index (Phi) is 3.77. The minimum Gasteiger partial charge on any atom is -0.423 e. The van der Waals surface area contributed by atoms with Crippen LogP contribution in [-0.4, -0.2) is 24.0 Å². The van der Waals surface area contributed by atoms with Gasteiger partial charge in [0.1, 0.15) is 11.3 Å². The molecular formula is C15H18FN3O2. The maximum atomic E-state index is 13.1. The Morgan fingerprint density at radius 2 is 2.10 bits per heavy atom. The lowest BCUT2D eigenvalue weighted by molar-refractivity contribution is -0.125. The second-order valence-electron chi connectivity index (χ2n) is 5.44. The third kappa shape index (κ3) is 2.99. The van der Waals surface area contributed by atoms with Crippen molar-refractivity contribution >= 4 is 23.0 Å². The van der Waals surface area contributed by atoms with Crippen molar-refractivity contribution in [2.45, 2.75) is 31.7 Å². The molecule has 1 amide bonds. The van der Waals surface area contributed by atoms with E-state index >= 15 is 0 Å². The number of oxazole rings is 1. The molecule has 0 atom stereocenters. The van der Waals surface area contributed by atoms with Crippen LogP contribution in [0.25, 0.3) is 11.1 Å². The van der Waals surface area contributed by atoms with Gasteiger partial charge in [-0.3, -0.25) is 4.79 Å². The summed E-state index contributed by atoms with van der Waals surface area (Å²) in [5.41, 5.74) is 1.08. The van der Waals surface area contributed by atoms with Crippen molar-refractivity contribution in [3.05, 3.63) is 24.0 Å². The van der Waals surface area contributed by atoms with Crippen LogP contribution in [0.4, 0.5) is 10.4 Å². The molecule has 0 radical (unpaired) electrons. The van der Waals surface area contributed by atoms with Crippen LogP contribution < -0.4 is 10.6 Å². The highest BCUT2D eigenvalue weighted by molar-refractivity contribution is 5.78. The molecular weight excluding hydrogens is 273 g/mol. The van der Waals surface area contributed by atoms with Gasteiger partial charge in [0, 0.05) is 25.1 Å². The Bertz CT molecular complexity index is 647. The third-order valence-corrected chi connectivity index (χ3v) is 4.02. The number of hydrogen-bond donors (Lipinski definition) is 2. The zero-order valence-corrected chi connectivity index (χ0v) is 11.9. The van der Waals surface area contributed by atoms with Crippen LogP contribution in [-0.2, 0) is 4.79 Å². The van der Waals surface area contributed by atoms with E-state index in [1.165, 1.54) is 12.1 Å². The highest BCUT2D eigenvalue weighted by Crippen LogP contribution is 2.28. The normalized spacial score (nSPS) is 22.2. The molecule has 0 aliphatic heterocycles. The number of aromatic nitrogens is 1. The van der Waals surface area contributed by atoms with Gasteiger partial charge >= 0.3 is 0 Å². The molecule has 2 aromatic rings. The average Bonchev–Trinajstić information content (AvgIpc) is 2.88. The van der Waals surface area contributed by atoms with Crippen LogP contribution in [0.5, 0.6) is 0 Å². The Balaban J connectivity index is 1.63. The Labute approximate surface area is 121 Å². The van der Waals surface area contributed by atoms with Crippen LogP contribution in [0.15, 0.2) is 22.6 Å². The molecule has 0 saturated heterocycles. The van der Waals surface area contributed by atoms with Crippen molar-refractivity contribution in [2.24, 2.45) is 5.92 Å². The number of carbonyl (C=O) groups excluding carboxylic acids is 1. The first-order chi connectivity index (χ1) is 10.2. The molecule has 2 N–H and O–H groups in total. The second kappa shape index (κ2) is 5.71. The van der Waals surface area contributed by atoms with E-state index in [1.807, 2.05) is 0 Å². The van der Waals surface area contributed by atoms with Crippen LogP contribution in [0.2, 0.25) is 0 Å². The summed E-state index contributed by atoms with van der Waals surface area (Å²) in [6.45, 7) is 0. The largest absolute Gasteiger partial charge is 0.423 e. The van der Waals surface area contributed by atoms with Crippen molar-refractivity contribution in [1.29, 1.82) is 0 Å². The minimum absolute atomic E-state index is 0.103. The fourth-order valence-corrected chi connectivity index (χ4v) is 2.84. The predicted molar refractivity (Wildman–Crippen MR) is 77.4 cm³/mol. The maximum Gasteiger partial charge on any atom is 0.295 e. The molecule has 21 heavy (non-hydrogen) atoms. The lowest BCUT2D eigenvalue weighted by atomic mass is 9.85. The average molecular weight is 291 g/mol. The lowest BCUT2D eigenvalue weighted by Gasteiger charge is -2.27. The fraction of sp³-hybridized carbons (Fsp3) is 0.467. The third-order valence-electron chi connectivity index (χ3n) is 4.02. The first-order valence-electron chi connectivity index (χ1n) is 7.20. The molecule has 1 aliphatic rings. The predicted octanol–water partition coefficient (Wildman–Crippen LogP) is 2.68. The van der Waals surface area contributed by atoms with Crippen molar-refractivity contribution in [2.75, 3.05) is 12.4 Å². The first kappa shape index (κ1) is 13.9. The molecule has 1 aliphatic carbocycles. The van der Waals surface area contributed by atoms with Crippen LogP contribution in [0, 0.1) is 11.7 Å². The molecule has 1 saturated carbocycles. The molecule has 0 bridgehead atoms. The number of carbonyl (C=O) groups is 1. The molecule has 0 spiro atoms. The summed E-state index contributed by atoms with van der Waals surface area (Å²) in [6, 6.07) is 4.95. The van der Waals surface area contributed by atoms with Gasteiger partial charge in [-0.05, 0) is 37.8 Å². The lowest BCUT2D eigenvalue weighted by Crippen LogP contribution is -2.34. The van der Waals surface area contributed by atoms with Crippen LogP contribution >= 0.6 is 0 Å². The van der Waals surface area contributed by atoms with Crippen molar-refractivity contribution < 1.29 is 13.6 Å². The van der Waals surface area contributed by atoms with Gasteiger partial charge in [-0.1, -0.05) is 0 Å². The quantitative estimate of drug-likeness (QED) is 0.912. The molecule has 5 nitrogen and oxygen atoms in total. The summed E-state index contributed by atoms with van der Waals surface area (Å²) in [7, 11) is 1.67. The Morgan fingerprint density at radius 3 is 2.81 bits per heavy atom. The number of nitrogens with one attached hydrogen (secondary N) is 2. The van der Waals surface area contributed by atoms with Gasteiger partial charge in [0.05, 0.1) is 0 Å². The highest BCUT2D eigenvalue weighted by Gasteiger charge is 2.26. The number of rotatable bonds is 3. The molecule has 1 heterocycles. The second-order valence-corrected chi connectivity index (χ2v) is 5.44. The smallest absolute Gasteiger partial charge is 0.295 e. The summed E-state index contributed by atoms with van der Waals surface area (Å²) in [4.78, 5) is 15.9. The monoisotopic (exact) mass is 291 g/mol. The number of halogens is 1. The molecule has 0 unspecified atom stereocenters. The van der Waals surface area contributed by atoms with E-state index in [2.05, 4.69) is 15.6 Å². The van der Waals surface area contributed by atoms with Crippen molar-refractivity contribution in [3.63, 3.8) is 0 Å². The standard InChI is InChI=1S/C15H18FN3O2/c1-17-14(20)9-2-5-11(6-3-9)18-15-19-12-7-4-10(16)8-13(12)21-15/h4,7-9,11H,2-3,5-6H2,1H3,(H,17,20)(H,18,19). The maximum absolute atomic E-state index is 13.1. The van der Waals surface area contributed by atoms with Gasteiger partial charge in [-0.15, -0.1) is 0 Å². The summed E-state index contributed by atoms with van der Waals surface area (Å²) in [6.07, 6.45) is 3.49. The van der Waals surface area contributed by atoms with Gasteiger partial charge < -0.3 is 15.1 Å².